The molecular weight excluding hydrogens is 280 g/mol. The van der Waals surface area contributed by atoms with Crippen molar-refractivity contribution in [3.63, 3.8) is 0 Å². The summed E-state index contributed by atoms with van der Waals surface area (Å²) in [6, 6.07) is 5.85. The second-order valence-electron chi connectivity index (χ2n) is 4.40. The van der Waals surface area contributed by atoms with Crippen molar-refractivity contribution in [2.45, 2.75) is 13.8 Å². The average molecular weight is 294 g/mol. The van der Waals surface area contributed by atoms with Gasteiger partial charge < -0.3 is 5.32 Å². The number of thioether (sulfide) groups is 1. The Morgan fingerprint density at radius 2 is 2.21 bits per heavy atom. The molecule has 4 nitrogen and oxygen atoms in total. The molecule has 100 valence electrons. The molecule has 2 rings (SSSR count). The van der Waals surface area contributed by atoms with Gasteiger partial charge in [0.05, 0.1) is 5.75 Å². The van der Waals surface area contributed by atoms with Gasteiger partial charge in [0, 0.05) is 5.69 Å². The maximum Gasteiger partial charge on any atom is 0.244 e. The molecule has 1 heterocycles. The van der Waals surface area contributed by atoms with Gasteiger partial charge in [-0.25, -0.2) is 0 Å². The highest BCUT2D eigenvalue weighted by Gasteiger charge is 2.28. The van der Waals surface area contributed by atoms with Crippen LogP contribution in [0.5, 0.6) is 0 Å². The van der Waals surface area contributed by atoms with Crippen molar-refractivity contribution in [2.75, 3.05) is 17.6 Å². The van der Waals surface area contributed by atoms with Crippen LogP contribution in [0.25, 0.3) is 0 Å². The van der Waals surface area contributed by atoms with Gasteiger partial charge in [0.2, 0.25) is 11.8 Å². The van der Waals surface area contributed by atoms with E-state index < -0.39 is 0 Å². The van der Waals surface area contributed by atoms with Gasteiger partial charge in [0.25, 0.3) is 0 Å². The topological polar surface area (TPSA) is 49.4 Å². The molecule has 1 aromatic rings. The van der Waals surface area contributed by atoms with Gasteiger partial charge >= 0.3 is 0 Å². The number of amides is 2. The minimum atomic E-state index is -0.230. The number of thiocarbonyl (C=S) groups is 1. The zero-order chi connectivity index (χ0) is 14.0. The number of nitrogens with zero attached hydrogens (tertiary/aromatic N) is 1. The van der Waals surface area contributed by atoms with E-state index in [1.165, 1.54) is 16.7 Å². The SMILES string of the molecule is Cc1ccc(C)c(NC(=O)CN2C(=O)CSC2=S)c1. The molecular formula is C13H14N2O2S2. The third kappa shape index (κ3) is 3.33. The molecule has 0 saturated carbocycles. The average Bonchev–Trinajstić information content (AvgIpc) is 2.65. The van der Waals surface area contributed by atoms with E-state index >= 15 is 0 Å². The summed E-state index contributed by atoms with van der Waals surface area (Å²) in [6.45, 7) is 3.87. The molecule has 1 fully saturated rings. The highest BCUT2D eigenvalue weighted by Crippen LogP contribution is 2.20. The van der Waals surface area contributed by atoms with Gasteiger partial charge in [-0.2, -0.15) is 0 Å². The summed E-state index contributed by atoms with van der Waals surface area (Å²) in [5, 5.41) is 2.82. The van der Waals surface area contributed by atoms with E-state index in [0.29, 0.717) is 10.1 Å². The van der Waals surface area contributed by atoms with Crippen molar-refractivity contribution < 1.29 is 9.59 Å². The number of hydrogen-bond acceptors (Lipinski definition) is 4. The number of rotatable bonds is 3. The molecule has 0 spiro atoms. The van der Waals surface area contributed by atoms with Crippen LogP contribution in [-0.4, -0.2) is 33.3 Å². The summed E-state index contributed by atoms with van der Waals surface area (Å²) in [5.41, 5.74) is 2.84. The minimum absolute atomic E-state index is 0.0158. The lowest BCUT2D eigenvalue weighted by molar-refractivity contribution is -0.127. The third-order valence-electron chi connectivity index (χ3n) is 2.81. The molecule has 19 heavy (non-hydrogen) atoms. The molecule has 1 saturated heterocycles. The van der Waals surface area contributed by atoms with Crippen LogP contribution < -0.4 is 5.32 Å². The monoisotopic (exact) mass is 294 g/mol. The van der Waals surface area contributed by atoms with Gasteiger partial charge in [0.15, 0.2) is 0 Å². The molecule has 1 aromatic carbocycles. The van der Waals surface area contributed by atoms with Gasteiger partial charge in [-0.15, -0.1) is 0 Å². The summed E-state index contributed by atoms with van der Waals surface area (Å²) >= 11 is 6.33. The van der Waals surface area contributed by atoms with Crippen molar-refractivity contribution in [2.24, 2.45) is 0 Å². The Morgan fingerprint density at radius 1 is 1.47 bits per heavy atom. The lowest BCUT2D eigenvalue weighted by Gasteiger charge is -2.15. The fraction of sp³-hybridized carbons (Fsp3) is 0.308. The predicted molar refractivity (Wildman–Crippen MR) is 81.3 cm³/mol. The number of benzene rings is 1. The lowest BCUT2D eigenvalue weighted by atomic mass is 10.1. The second-order valence-corrected chi connectivity index (χ2v) is 6.01. The largest absolute Gasteiger partial charge is 0.324 e. The van der Waals surface area contributed by atoms with Crippen molar-refractivity contribution >= 4 is 45.8 Å². The van der Waals surface area contributed by atoms with E-state index in [0.717, 1.165) is 16.8 Å². The first-order chi connectivity index (χ1) is 8.97. The first-order valence-corrected chi connectivity index (χ1v) is 7.21. The minimum Gasteiger partial charge on any atom is -0.324 e. The maximum absolute atomic E-state index is 11.9. The van der Waals surface area contributed by atoms with E-state index in [1.54, 1.807) is 0 Å². The molecule has 0 unspecified atom stereocenters. The molecule has 0 atom stereocenters. The smallest absolute Gasteiger partial charge is 0.244 e. The standard InChI is InChI=1S/C13H14N2O2S2/c1-8-3-4-9(2)10(5-8)14-11(16)6-15-12(17)7-19-13(15)18/h3-5H,6-7H2,1-2H3,(H,14,16). The van der Waals surface area contributed by atoms with Crippen LogP contribution in [0.3, 0.4) is 0 Å². The summed E-state index contributed by atoms with van der Waals surface area (Å²) < 4.78 is 0.473. The molecule has 2 amide bonds. The highest BCUT2D eigenvalue weighted by molar-refractivity contribution is 8.23. The number of nitrogens with one attached hydrogen (secondary N) is 1. The lowest BCUT2D eigenvalue weighted by Crippen LogP contribution is -2.36. The molecule has 0 bridgehead atoms. The van der Waals surface area contributed by atoms with E-state index in [9.17, 15) is 9.59 Å². The molecule has 0 aromatic heterocycles. The Kier molecular flexibility index (Phi) is 4.21. The van der Waals surface area contributed by atoms with Crippen LogP contribution in [0.4, 0.5) is 5.69 Å². The molecule has 1 aliphatic rings. The Hall–Kier alpha value is -1.40. The molecule has 1 aliphatic heterocycles. The van der Waals surface area contributed by atoms with Gasteiger partial charge in [-0.05, 0) is 31.0 Å². The van der Waals surface area contributed by atoms with Crippen molar-refractivity contribution in [3.05, 3.63) is 29.3 Å². The maximum atomic E-state index is 11.9. The van der Waals surface area contributed by atoms with E-state index in [-0.39, 0.29) is 18.4 Å². The van der Waals surface area contributed by atoms with Crippen LogP contribution in [0.15, 0.2) is 18.2 Å². The quantitative estimate of drug-likeness (QED) is 0.867. The Labute approximate surface area is 121 Å². The fourth-order valence-corrected chi connectivity index (χ4v) is 2.81. The Morgan fingerprint density at radius 3 is 2.84 bits per heavy atom. The first-order valence-electron chi connectivity index (χ1n) is 5.81. The van der Waals surface area contributed by atoms with Crippen molar-refractivity contribution in [1.82, 2.24) is 4.90 Å². The zero-order valence-corrected chi connectivity index (χ0v) is 12.4. The Bertz CT molecular complexity index is 542. The van der Waals surface area contributed by atoms with Crippen LogP contribution in [0.2, 0.25) is 0 Å². The second kappa shape index (κ2) is 5.71. The molecule has 0 radical (unpaired) electrons. The third-order valence-corrected chi connectivity index (χ3v) is 4.24. The van der Waals surface area contributed by atoms with Crippen molar-refractivity contribution in [3.8, 4) is 0 Å². The van der Waals surface area contributed by atoms with Gasteiger partial charge in [-0.3, -0.25) is 14.5 Å². The predicted octanol–water partition coefficient (Wildman–Crippen LogP) is 2.10. The van der Waals surface area contributed by atoms with Crippen molar-refractivity contribution in [1.29, 1.82) is 0 Å². The van der Waals surface area contributed by atoms with Gasteiger partial charge in [0.1, 0.15) is 10.9 Å². The number of anilines is 1. The van der Waals surface area contributed by atoms with Crippen LogP contribution in [-0.2, 0) is 9.59 Å². The molecule has 6 heteroatoms. The zero-order valence-electron chi connectivity index (χ0n) is 10.7. The number of aryl methyl sites for hydroxylation is 2. The highest BCUT2D eigenvalue weighted by atomic mass is 32.2. The normalized spacial score (nSPS) is 14.9. The van der Waals surface area contributed by atoms with E-state index in [1.807, 2.05) is 32.0 Å². The molecule has 0 aliphatic carbocycles. The number of hydrogen-bond donors (Lipinski definition) is 1. The van der Waals surface area contributed by atoms with Gasteiger partial charge in [-0.1, -0.05) is 36.1 Å². The van der Waals surface area contributed by atoms with Crippen LogP contribution in [0.1, 0.15) is 11.1 Å². The summed E-state index contributed by atoms with van der Waals surface area (Å²) in [5.74, 6) is -0.00622. The van der Waals surface area contributed by atoms with E-state index in [4.69, 9.17) is 12.2 Å². The number of carbonyl (C=O) groups excluding carboxylic acids is 2. The summed E-state index contributed by atoms with van der Waals surface area (Å²) in [7, 11) is 0. The summed E-state index contributed by atoms with van der Waals surface area (Å²) in [6.07, 6.45) is 0. The summed E-state index contributed by atoms with van der Waals surface area (Å²) in [4.78, 5) is 24.8. The first kappa shape index (κ1) is 14.0. The van der Waals surface area contributed by atoms with E-state index in [2.05, 4.69) is 5.32 Å². The molecule has 1 N–H and O–H groups in total. The van der Waals surface area contributed by atoms with Crippen LogP contribution in [0, 0.1) is 13.8 Å². The fourth-order valence-electron chi connectivity index (χ4n) is 1.74. The Balaban J connectivity index is 2.03. The van der Waals surface area contributed by atoms with Crippen LogP contribution >= 0.6 is 24.0 Å². The number of carbonyl (C=O) groups is 2.